The van der Waals surface area contributed by atoms with Gasteiger partial charge in [-0.05, 0) is 29.9 Å². The molecule has 0 fully saturated rings. The standard InChI is InChI=1S/C19H21N3OS/c1-12(2)14-4-5-16-15(8-14)9-20-10-17(16)19(23)21-7-6-18-22-13(3)11-24-18/h4-5,8-12H,6-7H2,1-3H3,(H,21,23). The van der Waals surface area contributed by atoms with Crippen LogP contribution in [0.3, 0.4) is 0 Å². The Morgan fingerprint density at radius 3 is 2.83 bits per heavy atom. The molecule has 0 saturated heterocycles. The Labute approximate surface area is 146 Å². The number of benzene rings is 1. The van der Waals surface area contributed by atoms with Crippen LogP contribution in [0, 0.1) is 6.92 Å². The Morgan fingerprint density at radius 2 is 2.12 bits per heavy atom. The molecule has 4 nitrogen and oxygen atoms in total. The Kier molecular flexibility index (Phi) is 4.90. The summed E-state index contributed by atoms with van der Waals surface area (Å²) in [4.78, 5) is 21.1. The van der Waals surface area contributed by atoms with Crippen molar-refractivity contribution in [2.45, 2.75) is 33.1 Å². The van der Waals surface area contributed by atoms with E-state index >= 15 is 0 Å². The highest BCUT2D eigenvalue weighted by Crippen LogP contribution is 2.23. The highest BCUT2D eigenvalue weighted by atomic mass is 32.1. The molecule has 0 unspecified atom stereocenters. The normalized spacial score (nSPS) is 11.2. The minimum absolute atomic E-state index is 0.0846. The van der Waals surface area contributed by atoms with Gasteiger partial charge in [0.05, 0.1) is 10.6 Å². The van der Waals surface area contributed by atoms with E-state index in [0.717, 1.165) is 27.9 Å². The number of hydrogen-bond donors (Lipinski definition) is 1. The molecule has 0 radical (unpaired) electrons. The van der Waals surface area contributed by atoms with Gasteiger partial charge in [-0.2, -0.15) is 0 Å². The number of nitrogens with zero attached hydrogens (tertiary/aromatic N) is 2. The summed E-state index contributed by atoms with van der Waals surface area (Å²) in [7, 11) is 0. The van der Waals surface area contributed by atoms with E-state index in [0.29, 0.717) is 18.0 Å². The fourth-order valence-electron chi connectivity index (χ4n) is 2.63. The first-order chi connectivity index (χ1) is 11.5. The van der Waals surface area contributed by atoms with Crippen LogP contribution in [0.1, 0.15) is 46.4 Å². The fourth-order valence-corrected chi connectivity index (χ4v) is 3.41. The maximum Gasteiger partial charge on any atom is 0.253 e. The monoisotopic (exact) mass is 339 g/mol. The van der Waals surface area contributed by atoms with Crippen molar-refractivity contribution in [3.05, 3.63) is 57.8 Å². The SMILES string of the molecule is Cc1csc(CCNC(=O)c2cncc3cc(C(C)C)ccc23)n1. The van der Waals surface area contributed by atoms with Gasteiger partial charge in [0.2, 0.25) is 0 Å². The zero-order valence-electron chi connectivity index (χ0n) is 14.2. The van der Waals surface area contributed by atoms with Gasteiger partial charge in [-0.1, -0.05) is 26.0 Å². The first-order valence-electron chi connectivity index (χ1n) is 8.11. The molecule has 1 aromatic carbocycles. The van der Waals surface area contributed by atoms with Crippen LogP contribution in [0.4, 0.5) is 0 Å². The number of rotatable bonds is 5. The second-order valence-electron chi connectivity index (χ2n) is 6.21. The molecule has 0 saturated carbocycles. The Hall–Kier alpha value is -2.27. The molecular weight excluding hydrogens is 318 g/mol. The zero-order chi connectivity index (χ0) is 17.1. The summed E-state index contributed by atoms with van der Waals surface area (Å²) in [5.41, 5.74) is 2.90. The van der Waals surface area contributed by atoms with Crippen molar-refractivity contribution in [3.63, 3.8) is 0 Å². The Balaban J connectivity index is 1.74. The van der Waals surface area contributed by atoms with Gasteiger partial charge in [0.25, 0.3) is 5.91 Å². The molecular formula is C19H21N3OS. The van der Waals surface area contributed by atoms with Gasteiger partial charge < -0.3 is 5.32 Å². The third-order valence-corrected chi connectivity index (χ3v) is 5.01. The number of amides is 1. The van der Waals surface area contributed by atoms with Crippen LogP contribution in [0.25, 0.3) is 10.8 Å². The van der Waals surface area contributed by atoms with Crippen molar-refractivity contribution in [2.24, 2.45) is 0 Å². The molecule has 3 rings (SSSR count). The molecule has 1 amide bonds. The lowest BCUT2D eigenvalue weighted by atomic mass is 9.98. The fraction of sp³-hybridized carbons (Fsp3) is 0.316. The summed E-state index contributed by atoms with van der Waals surface area (Å²) < 4.78 is 0. The maximum absolute atomic E-state index is 12.5. The van der Waals surface area contributed by atoms with E-state index in [9.17, 15) is 4.79 Å². The van der Waals surface area contributed by atoms with E-state index in [-0.39, 0.29) is 5.91 Å². The van der Waals surface area contributed by atoms with Gasteiger partial charge in [0, 0.05) is 41.8 Å². The Bertz CT molecular complexity index is 870. The summed E-state index contributed by atoms with van der Waals surface area (Å²) in [6, 6.07) is 6.22. The summed E-state index contributed by atoms with van der Waals surface area (Å²) in [5.74, 6) is 0.368. The van der Waals surface area contributed by atoms with Crippen molar-refractivity contribution in [1.29, 1.82) is 0 Å². The second kappa shape index (κ2) is 7.09. The lowest BCUT2D eigenvalue weighted by Gasteiger charge is -2.10. The van der Waals surface area contributed by atoms with E-state index < -0.39 is 0 Å². The first-order valence-corrected chi connectivity index (χ1v) is 8.99. The summed E-state index contributed by atoms with van der Waals surface area (Å²) >= 11 is 1.63. The Morgan fingerprint density at radius 1 is 1.29 bits per heavy atom. The molecule has 0 aliphatic carbocycles. The molecule has 2 aromatic heterocycles. The number of aromatic nitrogens is 2. The number of aryl methyl sites for hydroxylation is 1. The summed E-state index contributed by atoms with van der Waals surface area (Å²) in [6.07, 6.45) is 4.20. The van der Waals surface area contributed by atoms with Crippen LogP contribution in [-0.2, 0) is 6.42 Å². The van der Waals surface area contributed by atoms with E-state index in [1.165, 1.54) is 5.56 Å². The molecule has 3 aromatic rings. The number of carbonyl (C=O) groups excluding carboxylic acids is 1. The highest BCUT2D eigenvalue weighted by molar-refractivity contribution is 7.09. The molecule has 0 aliphatic rings. The number of pyridine rings is 1. The molecule has 24 heavy (non-hydrogen) atoms. The molecule has 5 heteroatoms. The van der Waals surface area contributed by atoms with Crippen molar-refractivity contribution >= 4 is 28.0 Å². The third kappa shape index (κ3) is 3.62. The second-order valence-corrected chi connectivity index (χ2v) is 7.15. The number of fused-ring (bicyclic) bond motifs is 1. The van der Waals surface area contributed by atoms with Crippen LogP contribution in [0.2, 0.25) is 0 Å². The topological polar surface area (TPSA) is 54.9 Å². The van der Waals surface area contributed by atoms with Crippen LogP contribution in [-0.4, -0.2) is 22.4 Å². The van der Waals surface area contributed by atoms with Crippen LogP contribution >= 0.6 is 11.3 Å². The predicted molar refractivity (Wildman–Crippen MR) is 98.7 cm³/mol. The molecule has 2 heterocycles. The van der Waals surface area contributed by atoms with Gasteiger partial charge in [0.15, 0.2) is 0 Å². The lowest BCUT2D eigenvalue weighted by molar-refractivity contribution is 0.0955. The van der Waals surface area contributed by atoms with Crippen LogP contribution in [0.5, 0.6) is 0 Å². The van der Waals surface area contributed by atoms with Gasteiger partial charge in [0.1, 0.15) is 0 Å². The number of nitrogens with one attached hydrogen (secondary N) is 1. The van der Waals surface area contributed by atoms with Gasteiger partial charge >= 0.3 is 0 Å². The van der Waals surface area contributed by atoms with E-state index in [4.69, 9.17) is 0 Å². The predicted octanol–water partition coefficient (Wildman–Crippen LogP) is 4.10. The van der Waals surface area contributed by atoms with Gasteiger partial charge in [-0.15, -0.1) is 11.3 Å². The van der Waals surface area contributed by atoms with E-state index in [1.54, 1.807) is 17.5 Å². The highest BCUT2D eigenvalue weighted by Gasteiger charge is 2.11. The molecule has 124 valence electrons. The quantitative estimate of drug-likeness (QED) is 0.761. The van der Waals surface area contributed by atoms with Crippen LogP contribution < -0.4 is 5.32 Å². The van der Waals surface area contributed by atoms with Crippen molar-refractivity contribution in [3.8, 4) is 0 Å². The minimum Gasteiger partial charge on any atom is -0.352 e. The minimum atomic E-state index is -0.0846. The summed E-state index contributed by atoms with van der Waals surface area (Å²) in [5, 5.41) is 7.99. The number of thiazole rings is 1. The van der Waals surface area contributed by atoms with E-state index in [2.05, 4.69) is 41.3 Å². The molecule has 0 atom stereocenters. The van der Waals surface area contributed by atoms with Crippen molar-refractivity contribution in [2.75, 3.05) is 6.54 Å². The zero-order valence-corrected chi connectivity index (χ0v) is 15.0. The van der Waals surface area contributed by atoms with Crippen molar-refractivity contribution in [1.82, 2.24) is 15.3 Å². The molecule has 0 bridgehead atoms. The maximum atomic E-state index is 12.5. The van der Waals surface area contributed by atoms with Gasteiger partial charge in [-0.25, -0.2) is 4.98 Å². The number of hydrogen-bond acceptors (Lipinski definition) is 4. The molecule has 0 aliphatic heterocycles. The number of carbonyl (C=O) groups is 1. The molecule has 1 N–H and O–H groups in total. The molecule has 0 spiro atoms. The third-order valence-electron chi connectivity index (χ3n) is 3.99. The van der Waals surface area contributed by atoms with Crippen molar-refractivity contribution < 1.29 is 4.79 Å². The average molecular weight is 339 g/mol. The average Bonchev–Trinajstić information content (AvgIpc) is 2.98. The largest absolute Gasteiger partial charge is 0.352 e. The first kappa shape index (κ1) is 16.6. The summed E-state index contributed by atoms with van der Waals surface area (Å²) in [6.45, 7) is 6.87. The lowest BCUT2D eigenvalue weighted by Crippen LogP contribution is -2.26. The van der Waals surface area contributed by atoms with E-state index in [1.807, 2.05) is 24.6 Å². The van der Waals surface area contributed by atoms with Crippen LogP contribution in [0.15, 0.2) is 36.0 Å². The van der Waals surface area contributed by atoms with Gasteiger partial charge in [-0.3, -0.25) is 9.78 Å². The smallest absolute Gasteiger partial charge is 0.253 e.